The van der Waals surface area contributed by atoms with Crippen molar-refractivity contribution in [2.45, 2.75) is 18.2 Å². The molecule has 0 aliphatic rings. The zero-order valence-corrected chi connectivity index (χ0v) is 20.0. The van der Waals surface area contributed by atoms with E-state index >= 15 is 0 Å². The lowest BCUT2D eigenvalue weighted by Crippen LogP contribution is -2.24. The van der Waals surface area contributed by atoms with E-state index in [9.17, 15) is 14.7 Å². The van der Waals surface area contributed by atoms with Gasteiger partial charge >= 0.3 is 5.63 Å². The summed E-state index contributed by atoms with van der Waals surface area (Å²) >= 11 is 6.18. The lowest BCUT2D eigenvalue weighted by Gasteiger charge is -2.20. The molecule has 0 spiro atoms. The number of para-hydroxylation sites is 1. The number of benzene rings is 2. The van der Waals surface area contributed by atoms with E-state index in [4.69, 9.17) is 16.6 Å². The van der Waals surface area contributed by atoms with Crippen molar-refractivity contribution in [3.63, 3.8) is 0 Å². The molecule has 0 aliphatic carbocycles. The summed E-state index contributed by atoms with van der Waals surface area (Å²) in [5.41, 5.74) is 1.59. The van der Waals surface area contributed by atoms with Gasteiger partial charge in [-0.3, -0.25) is 9.36 Å². The fourth-order valence-electron chi connectivity index (χ4n) is 3.69. The van der Waals surface area contributed by atoms with Gasteiger partial charge in [0.15, 0.2) is 11.3 Å². The smallest absolute Gasteiger partial charge is 0.354 e. The molecule has 2 aromatic carbocycles. The Morgan fingerprint density at radius 3 is 2.24 bits per heavy atom. The van der Waals surface area contributed by atoms with Crippen molar-refractivity contribution in [3.05, 3.63) is 87.0 Å². The SMILES string of the molecule is CCc1c(-c2ccccc2)n(-c2ccccc2)c(=O)c2c(O)c(SC(=S)N(C)C)c(=O)oc12. The lowest BCUT2D eigenvalue weighted by molar-refractivity contribution is 0.445. The first-order valence-electron chi connectivity index (χ1n) is 10.3. The molecular weight excluding hydrogens is 456 g/mol. The molecule has 33 heavy (non-hydrogen) atoms. The average Bonchev–Trinajstić information content (AvgIpc) is 2.82. The van der Waals surface area contributed by atoms with E-state index in [1.807, 2.05) is 67.6 Å². The van der Waals surface area contributed by atoms with Crippen LogP contribution < -0.4 is 11.2 Å². The predicted molar refractivity (Wildman–Crippen MR) is 137 cm³/mol. The molecule has 0 radical (unpaired) electrons. The Balaban J connectivity index is 2.18. The Labute approximate surface area is 200 Å². The molecule has 0 fully saturated rings. The third-order valence-corrected chi connectivity index (χ3v) is 6.95. The number of rotatable bonds is 4. The van der Waals surface area contributed by atoms with Gasteiger partial charge in [0.2, 0.25) is 0 Å². The molecule has 168 valence electrons. The second kappa shape index (κ2) is 9.25. The molecule has 0 bridgehead atoms. The van der Waals surface area contributed by atoms with Gasteiger partial charge < -0.3 is 14.4 Å². The zero-order chi connectivity index (χ0) is 23.7. The maximum absolute atomic E-state index is 13.9. The van der Waals surface area contributed by atoms with E-state index in [2.05, 4.69) is 0 Å². The first kappa shape index (κ1) is 22.8. The highest BCUT2D eigenvalue weighted by Gasteiger charge is 2.26. The molecule has 8 heteroatoms. The summed E-state index contributed by atoms with van der Waals surface area (Å²) in [7, 11) is 3.47. The number of aromatic hydroxyl groups is 1. The number of aromatic nitrogens is 1. The molecule has 0 saturated carbocycles. The van der Waals surface area contributed by atoms with Gasteiger partial charge in [0.05, 0.1) is 5.69 Å². The maximum Gasteiger partial charge on any atom is 0.354 e. The van der Waals surface area contributed by atoms with Gasteiger partial charge in [-0.2, -0.15) is 0 Å². The van der Waals surface area contributed by atoms with Gasteiger partial charge in [-0.15, -0.1) is 0 Å². The Morgan fingerprint density at radius 2 is 1.67 bits per heavy atom. The number of hydrogen-bond acceptors (Lipinski definition) is 6. The second-order valence-electron chi connectivity index (χ2n) is 7.56. The highest BCUT2D eigenvalue weighted by molar-refractivity contribution is 8.23. The minimum Gasteiger partial charge on any atom is -0.505 e. The number of aryl methyl sites for hydroxylation is 1. The van der Waals surface area contributed by atoms with E-state index in [1.54, 1.807) is 23.6 Å². The monoisotopic (exact) mass is 478 g/mol. The molecule has 2 heterocycles. The van der Waals surface area contributed by atoms with Crippen LogP contribution >= 0.6 is 24.0 Å². The molecule has 0 unspecified atom stereocenters. The molecule has 0 aliphatic heterocycles. The quantitative estimate of drug-likeness (QED) is 0.333. The Hall–Kier alpha value is -3.36. The Bertz CT molecular complexity index is 1460. The normalized spacial score (nSPS) is 11.0. The molecule has 0 saturated heterocycles. The van der Waals surface area contributed by atoms with Crippen LogP contribution in [0.15, 0.2) is 79.6 Å². The molecule has 4 rings (SSSR count). The van der Waals surface area contributed by atoms with Crippen LogP contribution in [0.1, 0.15) is 12.5 Å². The van der Waals surface area contributed by atoms with Gasteiger partial charge in [-0.25, -0.2) is 4.79 Å². The standard InChI is InChI=1S/C25H22N2O4S2/c1-4-17-19(15-11-7-5-8-12-15)27(16-13-9-6-10-14-16)23(29)18-20(28)22(24(30)31-21(17)18)33-25(32)26(2)3/h5-14,28H,4H2,1-3H3. The van der Waals surface area contributed by atoms with Crippen LogP contribution in [-0.2, 0) is 6.42 Å². The van der Waals surface area contributed by atoms with Gasteiger partial charge in [-0.05, 0) is 35.9 Å². The molecule has 0 atom stereocenters. The maximum atomic E-state index is 13.9. The van der Waals surface area contributed by atoms with Crippen LogP contribution in [0.3, 0.4) is 0 Å². The van der Waals surface area contributed by atoms with E-state index in [1.165, 1.54) is 0 Å². The summed E-state index contributed by atoms with van der Waals surface area (Å²) in [6.07, 6.45) is 0.471. The van der Waals surface area contributed by atoms with Crippen LogP contribution in [0.2, 0.25) is 0 Å². The first-order chi connectivity index (χ1) is 15.8. The van der Waals surface area contributed by atoms with Crippen LogP contribution in [0.5, 0.6) is 5.75 Å². The average molecular weight is 479 g/mol. The summed E-state index contributed by atoms with van der Waals surface area (Å²) in [5.74, 6) is -0.417. The van der Waals surface area contributed by atoms with Gasteiger partial charge in [0.1, 0.15) is 14.6 Å². The number of thiocarbonyl (C=S) groups is 1. The molecule has 2 aromatic heterocycles. The summed E-state index contributed by atoms with van der Waals surface area (Å²) in [6.45, 7) is 1.92. The summed E-state index contributed by atoms with van der Waals surface area (Å²) in [4.78, 5) is 28.3. The largest absolute Gasteiger partial charge is 0.505 e. The predicted octanol–water partition coefficient (Wildman–Crippen LogP) is 4.82. The summed E-state index contributed by atoms with van der Waals surface area (Å²) in [6, 6.07) is 18.7. The van der Waals surface area contributed by atoms with E-state index in [0.29, 0.717) is 27.7 Å². The third kappa shape index (κ3) is 4.07. The van der Waals surface area contributed by atoms with Crippen molar-refractivity contribution in [2.75, 3.05) is 14.1 Å². The van der Waals surface area contributed by atoms with Crippen molar-refractivity contribution in [1.82, 2.24) is 9.47 Å². The number of nitrogens with zero attached hydrogens (tertiary/aromatic N) is 2. The Kier molecular flexibility index (Phi) is 6.40. The molecule has 6 nitrogen and oxygen atoms in total. The van der Waals surface area contributed by atoms with Crippen molar-refractivity contribution in [1.29, 1.82) is 0 Å². The summed E-state index contributed by atoms with van der Waals surface area (Å²) < 4.78 is 7.60. The summed E-state index contributed by atoms with van der Waals surface area (Å²) in [5, 5.41) is 11.1. The van der Waals surface area contributed by atoms with Crippen molar-refractivity contribution in [2.24, 2.45) is 0 Å². The number of pyridine rings is 1. The van der Waals surface area contributed by atoms with Crippen LogP contribution in [0.25, 0.3) is 27.9 Å². The molecular formula is C25H22N2O4S2. The molecule has 0 amide bonds. The van der Waals surface area contributed by atoms with Crippen molar-refractivity contribution < 1.29 is 9.52 Å². The first-order valence-corrected chi connectivity index (χ1v) is 11.5. The van der Waals surface area contributed by atoms with Crippen LogP contribution in [0, 0.1) is 0 Å². The lowest BCUT2D eigenvalue weighted by atomic mass is 10.00. The number of thioether (sulfide) groups is 1. The number of hydrogen-bond donors (Lipinski definition) is 1. The topological polar surface area (TPSA) is 75.7 Å². The zero-order valence-electron chi connectivity index (χ0n) is 18.4. The number of fused-ring (bicyclic) bond motifs is 1. The van der Waals surface area contributed by atoms with Crippen molar-refractivity contribution >= 4 is 39.3 Å². The van der Waals surface area contributed by atoms with E-state index < -0.39 is 16.9 Å². The fraction of sp³-hybridized carbons (Fsp3) is 0.160. The van der Waals surface area contributed by atoms with Gasteiger partial charge in [0, 0.05) is 25.3 Å². The second-order valence-corrected chi connectivity index (χ2v) is 9.20. The fourth-order valence-corrected chi connectivity index (χ4v) is 4.62. The third-order valence-electron chi connectivity index (χ3n) is 5.23. The van der Waals surface area contributed by atoms with Crippen molar-refractivity contribution in [3.8, 4) is 22.7 Å². The van der Waals surface area contributed by atoms with Gasteiger partial charge in [-0.1, -0.05) is 67.7 Å². The van der Waals surface area contributed by atoms with Crippen LogP contribution in [-0.4, -0.2) is 33.0 Å². The van der Waals surface area contributed by atoms with Gasteiger partial charge in [0.25, 0.3) is 5.56 Å². The van der Waals surface area contributed by atoms with E-state index in [-0.39, 0.29) is 15.9 Å². The minimum atomic E-state index is -0.736. The minimum absolute atomic E-state index is 0.0426. The van der Waals surface area contributed by atoms with Crippen LogP contribution in [0.4, 0.5) is 0 Å². The highest BCUT2D eigenvalue weighted by Crippen LogP contribution is 2.37. The molecule has 4 aromatic rings. The van der Waals surface area contributed by atoms with E-state index in [0.717, 1.165) is 17.3 Å². The highest BCUT2D eigenvalue weighted by atomic mass is 32.2. The Morgan fingerprint density at radius 1 is 1.06 bits per heavy atom. The molecule has 1 N–H and O–H groups in total.